The van der Waals surface area contributed by atoms with Gasteiger partial charge in [-0.05, 0) is 54.8 Å². The highest BCUT2D eigenvalue weighted by Gasteiger charge is 2.31. The van der Waals surface area contributed by atoms with E-state index >= 15 is 0 Å². The Bertz CT molecular complexity index is 756. The van der Waals surface area contributed by atoms with Gasteiger partial charge in [-0.1, -0.05) is 12.1 Å². The molecular formula is C18H16F4N2O2. The maximum atomic E-state index is 13.2. The number of nitrogens with one attached hydrogen (secondary N) is 2. The fraction of sp³-hybridized carbons (Fsp3) is 0.278. The van der Waals surface area contributed by atoms with Gasteiger partial charge in [-0.15, -0.1) is 13.2 Å². The topological polar surface area (TPSA) is 50.4 Å². The van der Waals surface area contributed by atoms with Gasteiger partial charge in [-0.3, -0.25) is 4.79 Å². The second kappa shape index (κ2) is 7.23. The van der Waals surface area contributed by atoms with Gasteiger partial charge >= 0.3 is 6.36 Å². The molecule has 26 heavy (non-hydrogen) atoms. The lowest BCUT2D eigenvalue weighted by atomic mass is 10.1. The maximum absolute atomic E-state index is 13.2. The number of rotatable bonds is 6. The van der Waals surface area contributed by atoms with Gasteiger partial charge < -0.3 is 15.4 Å². The molecule has 0 radical (unpaired) electrons. The van der Waals surface area contributed by atoms with E-state index in [0.29, 0.717) is 11.3 Å². The minimum absolute atomic E-state index is 0.134. The fourth-order valence-corrected chi connectivity index (χ4v) is 2.39. The lowest BCUT2D eigenvalue weighted by molar-refractivity contribution is -0.274. The lowest BCUT2D eigenvalue weighted by Gasteiger charge is -2.20. The predicted octanol–water partition coefficient (Wildman–Crippen LogP) is 4.16. The molecule has 1 saturated carbocycles. The van der Waals surface area contributed by atoms with Gasteiger partial charge in [0.15, 0.2) is 0 Å². The number of carbonyl (C=O) groups excluding carboxylic acids is 1. The van der Waals surface area contributed by atoms with Crippen LogP contribution in [0.2, 0.25) is 0 Å². The van der Waals surface area contributed by atoms with Gasteiger partial charge in [-0.2, -0.15) is 0 Å². The highest BCUT2D eigenvalue weighted by atomic mass is 19.4. The minimum atomic E-state index is -4.77. The number of hydrogen-bond acceptors (Lipinski definition) is 3. The number of carbonyl (C=O) groups is 1. The zero-order valence-electron chi connectivity index (χ0n) is 13.5. The number of halogens is 4. The van der Waals surface area contributed by atoms with E-state index in [1.165, 1.54) is 36.4 Å². The number of hydrogen-bond donors (Lipinski definition) is 2. The summed E-state index contributed by atoms with van der Waals surface area (Å²) >= 11 is 0. The van der Waals surface area contributed by atoms with Crippen molar-refractivity contribution in [1.29, 1.82) is 0 Å². The number of benzene rings is 2. The van der Waals surface area contributed by atoms with Crippen molar-refractivity contribution in [2.45, 2.75) is 31.3 Å². The van der Waals surface area contributed by atoms with E-state index in [-0.39, 0.29) is 17.7 Å². The van der Waals surface area contributed by atoms with Crippen LogP contribution in [0.5, 0.6) is 5.75 Å². The van der Waals surface area contributed by atoms with Crippen molar-refractivity contribution in [2.24, 2.45) is 0 Å². The summed E-state index contributed by atoms with van der Waals surface area (Å²) < 4.78 is 53.6. The van der Waals surface area contributed by atoms with Crippen molar-refractivity contribution in [3.63, 3.8) is 0 Å². The monoisotopic (exact) mass is 368 g/mol. The lowest BCUT2D eigenvalue weighted by Crippen LogP contribution is -2.34. The van der Waals surface area contributed by atoms with Crippen LogP contribution in [-0.4, -0.2) is 18.3 Å². The number of anilines is 1. The summed E-state index contributed by atoms with van der Waals surface area (Å²) in [6.07, 6.45) is -2.95. The molecule has 1 unspecified atom stereocenters. The van der Waals surface area contributed by atoms with Crippen LogP contribution in [0.3, 0.4) is 0 Å². The second-order valence-corrected chi connectivity index (χ2v) is 5.98. The first kappa shape index (κ1) is 18.0. The molecule has 138 valence electrons. The van der Waals surface area contributed by atoms with Crippen molar-refractivity contribution < 1.29 is 27.1 Å². The summed E-state index contributed by atoms with van der Waals surface area (Å²) in [7, 11) is 0. The van der Waals surface area contributed by atoms with Crippen LogP contribution in [0, 0.1) is 5.82 Å². The van der Waals surface area contributed by atoms with Gasteiger partial charge in [0.05, 0.1) is 0 Å². The van der Waals surface area contributed by atoms with Crippen LogP contribution < -0.4 is 15.4 Å². The number of alkyl halides is 3. The molecule has 0 heterocycles. The predicted molar refractivity (Wildman–Crippen MR) is 87.1 cm³/mol. The summed E-state index contributed by atoms with van der Waals surface area (Å²) in [4.78, 5) is 12.5. The molecule has 0 bridgehead atoms. The van der Waals surface area contributed by atoms with E-state index in [9.17, 15) is 22.4 Å². The molecule has 2 N–H and O–H groups in total. The first-order chi connectivity index (χ1) is 12.3. The highest BCUT2D eigenvalue weighted by Crippen LogP contribution is 2.27. The van der Waals surface area contributed by atoms with Gasteiger partial charge in [0.2, 0.25) is 5.91 Å². The first-order valence-corrected chi connectivity index (χ1v) is 7.98. The molecule has 8 heteroatoms. The zero-order chi connectivity index (χ0) is 18.7. The molecule has 1 atom stereocenters. The largest absolute Gasteiger partial charge is 0.573 e. The Hall–Kier alpha value is -2.77. The molecule has 0 saturated heterocycles. The molecular weight excluding hydrogens is 352 g/mol. The summed E-state index contributed by atoms with van der Waals surface area (Å²) in [5.74, 6) is -1.07. The van der Waals surface area contributed by atoms with E-state index in [1.54, 1.807) is 0 Å². The zero-order valence-corrected chi connectivity index (χ0v) is 13.5. The van der Waals surface area contributed by atoms with Crippen LogP contribution in [0.25, 0.3) is 0 Å². The van der Waals surface area contributed by atoms with Crippen LogP contribution in [0.4, 0.5) is 23.2 Å². The Kier molecular flexibility index (Phi) is 5.01. The van der Waals surface area contributed by atoms with Crippen molar-refractivity contribution in [2.75, 3.05) is 5.32 Å². The van der Waals surface area contributed by atoms with Crippen molar-refractivity contribution in [3.8, 4) is 5.75 Å². The summed E-state index contributed by atoms with van der Waals surface area (Å²) in [6, 6.07) is 9.85. The second-order valence-electron chi connectivity index (χ2n) is 5.98. The molecule has 2 aromatic rings. The third-order valence-electron chi connectivity index (χ3n) is 3.79. The van der Waals surface area contributed by atoms with Crippen LogP contribution in [0.15, 0.2) is 48.5 Å². The SMILES string of the molecule is O=C(NC1CC1)C(Nc1ccc(OC(F)(F)F)cc1)c1ccc(F)cc1. The molecule has 0 aliphatic heterocycles. The van der Waals surface area contributed by atoms with Gasteiger partial charge in [-0.25, -0.2) is 4.39 Å². The molecule has 1 aliphatic carbocycles. The average molecular weight is 368 g/mol. The van der Waals surface area contributed by atoms with Gasteiger partial charge in [0, 0.05) is 11.7 Å². The molecule has 0 spiro atoms. The Morgan fingerprint density at radius 1 is 1.04 bits per heavy atom. The molecule has 0 aromatic heterocycles. The van der Waals surface area contributed by atoms with E-state index in [2.05, 4.69) is 15.4 Å². The Labute approximate surface area is 147 Å². The Morgan fingerprint density at radius 3 is 2.19 bits per heavy atom. The summed E-state index contributed by atoms with van der Waals surface area (Å²) in [5, 5.41) is 5.83. The van der Waals surface area contributed by atoms with Crippen molar-refractivity contribution >= 4 is 11.6 Å². The molecule has 1 fully saturated rings. The Morgan fingerprint density at radius 2 is 1.65 bits per heavy atom. The molecule has 3 rings (SSSR count). The standard InChI is InChI=1S/C18H16F4N2O2/c19-12-3-1-11(2-4-12)16(17(25)24-14-5-6-14)23-13-7-9-15(10-8-13)26-18(20,21)22/h1-4,7-10,14,16,23H,5-6H2,(H,24,25). The number of amides is 1. The van der Waals surface area contributed by atoms with E-state index in [1.807, 2.05) is 0 Å². The van der Waals surface area contributed by atoms with Crippen molar-refractivity contribution in [1.82, 2.24) is 5.32 Å². The smallest absolute Gasteiger partial charge is 0.406 e. The third kappa shape index (κ3) is 5.11. The van der Waals surface area contributed by atoms with E-state index < -0.39 is 18.2 Å². The molecule has 2 aromatic carbocycles. The maximum Gasteiger partial charge on any atom is 0.573 e. The third-order valence-corrected chi connectivity index (χ3v) is 3.79. The van der Waals surface area contributed by atoms with E-state index in [4.69, 9.17) is 0 Å². The first-order valence-electron chi connectivity index (χ1n) is 7.98. The summed E-state index contributed by atoms with van der Waals surface area (Å²) in [5.41, 5.74) is 0.972. The summed E-state index contributed by atoms with van der Waals surface area (Å²) in [6.45, 7) is 0. The quantitative estimate of drug-likeness (QED) is 0.753. The normalized spacial score (nSPS) is 15.2. The van der Waals surface area contributed by atoms with Crippen molar-refractivity contribution in [3.05, 3.63) is 59.9 Å². The molecule has 4 nitrogen and oxygen atoms in total. The van der Waals surface area contributed by atoms with Crippen LogP contribution in [0.1, 0.15) is 24.4 Å². The van der Waals surface area contributed by atoms with Gasteiger partial charge in [0.1, 0.15) is 17.6 Å². The average Bonchev–Trinajstić information content (AvgIpc) is 3.37. The van der Waals surface area contributed by atoms with Crippen LogP contribution >= 0.6 is 0 Å². The highest BCUT2D eigenvalue weighted by molar-refractivity contribution is 5.86. The number of ether oxygens (including phenoxy) is 1. The molecule has 1 amide bonds. The van der Waals surface area contributed by atoms with Crippen LogP contribution in [-0.2, 0) is 4.79 Å². The minimum Gasteiger partial charge on any atom is -0.406 e. The van der Waals surface area contributed by atoms with Gasteiger partial charge in [0.25, 0.3) is 0 Å². The van der Waals surface area contributed by atoms with E-state index in [0.717, 1.165) is 25.0 Å². The molecule has 1 aliphatic rings. The fourth-order valence-electron chi connectivity index (χ4n) is 2.39. The Balaban J connectivity index is 1.76.